The van der Waals surface area contributed by atoms with Crippen LogP contribution in [0.25, 0.3) is 0 Å². The molecule has 0 spiro atoms. The van der Waals surface area contributed by atoms with Gasteiger partial charge in [0.05, 0.1) is 4.22 Å². The van der Waals surface area contributed by atoms with Crippen molar-refractivity contribution < 1.29 is 5.21 Å². The molecule has 0 unspecified atom stereocenters. The summed E-state index contributed by atoms with van der Waals surface area (Å²) in [6.07, 6.45) is 0. The summed E-state index contributed by atoms with van der Waals surface area (Å²) in [5.74, 6) is 0.370. The van der Waals surface area contributed by atoms with Gasteiger partial charge in [0.25, 0.3) is 0 Å². The Morgan fingerprint density at radius 2 is 2.43 bits per heavy atom. The lowest BCUT2D eigenvalue weighted by Gasteiger charge is -1.78. The maximum atomic E-state index is 7.94. The maximum absolute atomic E-state index is 7.94. The summed E-state index contributed by atoms with van der Waals surface area (Å²) in [6, 6.07) is 0. The smallest absolute Gasteiger partial charge is 0.164 e. The number of nitrogens with zero attached hydrogens (tertiary/aromatic N) is 2. The fraction of sp³-hybridized carbons (Fsp3) is 0.333. The van der Waals surface area contributed by atoms with Crippen LogP contribution in [0.1, 0.15) is 6.92 Å². The number of hydrogen-bond donors (Lipinski definition) is 1. The number of rotatable bonds is 0. The van der Waals surface area contributed by atoms with E-state index in [0.29, 0.717) is 5.84 Å². The second-order valence-electron chi connectivity index (χ2n) is 0.874. The Bertz CT molecular complexity index is 99.1. The van der Waals surface area contributed by atoms with Crippen molar-refractivity contribution >= 4 is 32.6 Å². The van der Waals surface area contributed by atoms with Crippen molar-refractivity contribution in [3.63, 3.8) is 0 Å². The molecule has 1 N–H and O–H groups in total. The van der Waals surface area contributed by atoms with Gasteiger partial charge in [0, 0.05) is 0 Å². The molecule has 0 atom stereocenters. The van der Waals surface area contributed by atoms with Crippen LogP contribution in [0.5, 0.6) is 0 Å². The SMILES string of the molecule is CC(/N=C\I)=N/O. The van der Waals surface area contributed by atoms with Gasteiger partial charge in [-0.2, -0.15) is 0 Å². The summed E-state index contributed by atoms with van der Waals surface area (Å²) >= 11 is 1.94. The summed E-state index contributed by atoms with van der Waals surface area (Å²) in [4.78, 5) is 3.60. The molecule has 0 heterocycles. The molecule has 0 aromatic rings. The molecule has 0 saturated carbocycles. The number of halogens is 1. The standard InChI is InChI=1S/C3H5IN2O/c1-3(6-7)5-2-4/h2,7H,1H3/b5-2-,6-3-. The van der Waals surface area contributed by atoms with E-state index in [1.54, 1.807) is 6.92 Å². The molecule has 0 aliphatic heterocycles. The first-order valence-corrected chi connectivity index (χ1v) is 2.87. The largest absolute Gasteiger partial charge is 0.409 e. The number of amidine groups is 1. The molecule has 0 aromatic carbocycles. The first-order chi connectivity index (χ1) is 3.31. The molecular formula is C3H5IN2O. The van der Waals surface area contributed by atoms with Crippen LogP contribution in [0.4, 0.5) is 0 Å². The third kappa shape index (κ3) is 3.71. The predicted molar refractivity (Wildman–Crippen MR) is 37.4 cm³/mol. The highest BCUT2D eigenvalue weighted by molar-refractivity contribution is 14.1. The molecule has 7 heavy (non-hydrogen) atoms. The van der Waals surface area contributed by atoms with Gasteiger partial charge in [0.1, 0.15) is 0 Å². The Labute approximate surface area is 55.3 Å². The average Bonchev–Trinajstić information content (AvgIpc) is 1.68. The number of aliphatic imine (C=N–C) groups is 1. The van der Waals surface area contributed by atoms with Crippen LogP contribution >= 0.6 is 22.6 Å². The van der Waals surface area contributed by atoms with Crippen LogP contribution in [0.3, 0.4) is 0 Å². The zero-order valence-corrected chi connectivity index (χ0v) is 5.95. The molecule has 3 nitrogen and oxygen atoms in total. The van der Waals surface area contributed by atoms with Crippen LogP contribution < -0.4 is 0 Å². The molecule has 0 aliphatic carbocycles. The Morgan fingerprint density at radius 3 is 2.57 bits per heavy atom. The molecule has 0 aliphatic rings. The van der Waals surface area contributed by atoms with Crippen molar-refractivity contribution in [2.45, 2.75) is 6.92 Å². The lowest BCUT2D eigenvalue weighted by molar-refractivity contribution is 0.318. The van der Waals surface area contributed by atoms with Crippen LogP contribution in [0.15, 0.2) is 10.1 Å². The second-order valence-corrected chi connectivity index (χ2v) is 1.43. The number of oxime groups is 1. The molecule has 0 radical (unpaired) electrons. The van der Waals surface area contributed by atoms with Crippen LogP contribution in [-0.2, 0) is 0 Å². The molecule has 0 fully saturated rings. The van der Waals surface area contributed by atoms with E-state index in [1.807, 2.05) is 22.6 Å². The summed E-state index contributed by atoms with van der Waals surface area (Å²) in [6.45, 7) is 1.61. The number of hydrogen-bond acceptors (Lipinski definition) is 2. The lowest BCUT2D eigenvalue weighted by Crippen LogP contribution is -1.81. The van der Waals surface area contributed by atoms with E-state index in [2.05, 4.69) is 10.1 Å². The molecule has 0 aromatic heterocycles. The highest BCUT2D eigenvalue weighted by Gasteiger charge is 1.75. The monoisotopic (exact) mass is 212 g/mol. The van der Waals surface area contributed by atoms with Gasteiger partial charge in [-0.05, 0) is 29.5 Å². The van der Waals surface area contributed by atoms with Crippen molar-refractivity contribution in [3.05, 3.63) is 0 Å². The van der Waals surface area contributed by atoms with E-state index in [1.165, 1.54) is 4.22 Å². The molecule has 0 amide bonds. The maximum Gasteiger partial charge on any atom is 0.164 e. The Hall–Kier alpha value is -0.130. The fourth-order valence-corrected chi connectivity index (χ4v) is 0.500. The summed E-state index contributed by atoms with van der Waals surface area (Å²) in [5, 5.41) is 10.7. The molecular weight excluding hydrogens is 207 g/mol. The third-order valence-corrected chi connectivity index (χ3v) is 0.659. The van der Waals surface area contributed by atoms with Crippen LogP contribution in [-0.4, -0.2) is 15.3 Å². The predicted octanol–water partition coefficient (Wildman–Crippen LogP) is 1.26. The van der Waals surface area contributed by atoms with Gasteiger partial charge >= 0.3 is 0 Å². The zero-order chi connectivity index (χ0) is 5.70. The minimum atomic E-state index is 0.370. The van der Waals surface area contributed by atoms with E-state index in [-0.39, 0.29) is 0 Å². The molecule has 0 rings (SSSR count). The first kappa shape index (κ1) is 6.87. The summed E-state index contributed by atoms with van der Waals surface area (Å²) in [5.41, 5.74) is 0. The summed E-state index contributed by atoms with van der Waals surface area (Å²) < 4.78 is 1.53. The normalized spacial score (nSPS) is 13.1. The molecule has 4 heteroatoms. The van der Waals surface area contributed by atoms with Gasteiger partial charge in [-0.15, -0.1) is 0 Å². The average molecular weight is 212 g/mol. The zero-order valence-electron chi connectivity index (χ0n) is 3.80. The lowest BCUT2D eigenvalue weighted by atomic mass is 10.7. The topological polar surface area (TPSA) is 45.0 Å². The van der Waals surface area contributed by atoms with E-state index in [9.17, 15) is 0 Å². The van der Waals surface area contributed by atoms with Crippen molar-refractivity contribution in [1.82, 2.24) is 0 Å². The van der Waals surface area contributed by atoms with Gasteiger partial charge in [-0.3, -0.25) is 0 Å². The Balaban J connectivity index is 3.58. The van der Waals surface area contributed by atoms with Gasteiger partial charge in [-0.25, -0.2) is 4.99 Å². The molecule has 0 bridgehead atoms. The van der Waals surface area contributed by atoms with Crippen molar-refractivity contribution in [3.8, 4) is 0 Å². The highest BCUT2D eigenvalue weighted by atomic mass is 127. The van der Waals surface area contributed by atoms with Crippen molar-refractivity contribution in [2.75, 3.05) is 0 Å². The second kappa shape index (κ2) is 4.04. The quantitative estimate of drug-likeness (QED) is 0.212. The van der Waals surface area contributed by atoms with E-state index >= 15 is 0 Å². The minimum Gasteiger partial charge on any atom is -0.409 e. The highest BCUT2D eigenvalue weighted by Crippen LogP contribution is 1.77. The third-order valence-electron chi connectivity index (χ3n) is 0.380. The fourth-order valence-electron chi connectivity index (χ4n) is 0.0964. The van der Waals surface area contributed by atoms with Crippen molar-refractivity contribution in [1.29, 1.82) is 0 Å². The van der Waals surface area contributed by atoms with Gasteiger partial charge in [-0.1, -0.05) is 5.16 Å². The summed E-state index contributed by atoms with van der Waals surface area (Å²) in [7, 11) is 0. The molecule has 40 valence electrons. The molecule has 0 saturated heterocycles. The van der Waals surface area contributed by atoms with E-state index in [4.69, 9.17) is 5.21 Å². The van der Waals surface area contributed by atoms with E-state index < -0.39 is 0 Å². The van der Waals surface area contributed by atoms with Gasteiger partial charge < -0.3 is 5.21 Å². The van der Waals surface area contributed by atoms with Gasteiger partial charge in [0.15, 0.2) is 5.84 Å². The van der Waals surface area contributed by atoms with Crippen molar-refractivity contribution in [2.24, 2.45) is 10.1 Å². The van der Waals surface area contributed by atoms with E-state index in [0.717, 1.165) is 0 Å². The van der Waals surface area contributed by atoms with Crippen LogP contribution in [0.2, 0.25) is 0 Å². The van der Waals surface area contributed by atoms with Crippen LogP contribution in [0, 0.1) is 0 Å². The van der Waals surface area contributed by atoms with Gasteiger partial charge in [0.2, 0.25) is 0 Å². The first-order valence-electron chi connectivity index (χ1n) is 1.62. The Kier molecular flexibility index (Phi) is 3.97. The minimum absolute atomic E-state index is 0.370. The Morgan fingerprint density at radius 1 is 1.86 bits per heavy atom.